The summed E-state index contributed by atoms with van der Waals surface area (Å²) in [6, 6.07) is 10.7. The fraction of sp³-hybridized carbons (Fsp3) is 0.278. The van der Waals surface area contributed by atoms with Crippen molar-refractivity contribution in [1.82, 2.24) is 4.90 Å². The van der Waals surface area contributed by atoms with E-state index in [0.717, 1.165) is 5.56 Å². The van der Waals surface area contributed by atoms with E-state index >= 15 is 0 Å². The van der Waals surface area contributed by atoms with Gasteiger partial charge in [0.2, 0.25) is 5.91 Å². The van der Waals surface area contributed by atoms with Crippen molar-refractivity contribution in [2.45, 2.75) is 6.54 Å². The molecule has 7 heteroatoms. The average Bonchev–Trinajstić information content (AvgIpc) is 2.58. The number of nitrogens with zero attached hydrogens (tertiary/aromatic N) is 1. The fourth-order valence-electron chi connectivity index (χ4n) is 2.36. The molecule has 0 aliphatic carbocycles. The molecule has 0 unspecified atom stereocenters. The van der Waals surface area contributed by atoms with E-state index in [1.165, 1.54) is 0 Å². The molecule has 1 N–H and O–H groups in total. The molecule has 2 rings (SSSR count). The number of hydrogen-bond donors (Lipinski definition) is 1. The van der Waals surface area contributed by atoms with E-state index in [-0.39, 0.29) is 12.5 Å². The monoisotopic (exact) mass is 382 g/mol. The number of carbonyl (C=O) groups is 1. The Morgan fingerprint density at radius 3 is 2.60 bits per heavy atom. The largest absolute Gasteiger partial charge is 0.497 e. The molecule has 0 saturated carbocycles. The summed E-state index contributed by atoms with van der Waals surface area (Å²) in [5.74, 6) is 1.03. The van der Waals surface area contributed by atoms with Gasteiger partial charge in [-0.05, 0) is 30.8 Å². The minimum absolute atomic E-state index is 0.174. The first-order valence-corrected chi connectivity index (χ1v) is 8.33. The van der Waals surface area contributed by atoms with Crippen LogP contribution in [0, 0.1) is 0 Å². The van der Waals surface area contributed by atoms with E-state index in [0.29, 0.717) is 33.8 Å². The second-order valence-corrected chi connectivity index (χ2v) is 6.28. The molecule has 0 atom stereocenters. The van der Waals surface area contributed by atoms with Gasteiger partial charge in [0.05, 0.1) is 36.5 Å². The molecule has 1 amide bonds. The van der Waals surface area contributed by atoms with Crippen molar-refractivity contribution in [3.8, 4) is 11.5 Å². The Morgan fingerprint density at radius 1 is 1.16 bits per heavy atom. The lowest BCUT2D eigenvalue weighted by Crippen LogP contribution is -2.30. The topological polar surface area (TPSA) is 50.8 Å². The Hall–Kier alpha value is -1.95. The first-order valence-electron chi connectivity index (χ1n) is 7.58. The third kappa shape index (κ3) is 5.26. The predicted octanol–water partition coefficient (Wildman–Crippen LogP) is 4.08. The van der Waals surface area contributed by atoms with Gasteiger partial charge in [-0.15, -0.1) is 0 Å². The molecule has 25 heavy (non-hydrogen) atoms. The molecule has 0 radical (unpaired) electrons. The van der Waals surface area contributed by atoms with Crippen LogP contribution in [0.1, 0.15) is 5.56 Å². The highest BCUT2D eigenvalue weighted by molar-refractivity contribution is 6.42. The van der Waals surface area contributed by atoms with Crippen LogP contribution in [0.5, 0.6) is 11.5 Å². The van der Waals surface area contributed by atoms with Crippen molar-refractivity contribution in [3.63, 3.8) is 0 Å². The number of nitrogens with one attached hydrogen (secondary N) is 1. The minimum atomic E-state index is -0.174. The normalized spacial score (nSPS) is 10.6. The summed E-state index contributed by atoms with van der Waals surface area (Å²) in [7, 11) is 4.94. The predicted molar refractivity (Wildman–Crippen MR) is 101 cm³/mol. The van der Waals surface area contributed by atoms with Gasteiger partial charge >= 0.3 is 0 Å². The van der Waals surface area contributed by atoms with Crippen LogP contribution in [0.15, 0.2) is 36.4 Å². The molecule has 0 bridgehead atoms. The number of benzene rings is 2. The fourth-order valence-corrected chi connectivity index (χ4v) is 2.74. The molecule has 0 spiro atoms. The lowest BCUT2D eigenvalue weighted by atomic mass is 10.2. The number of likely N-dealkylation sites (N-methyl/N-ethyl adjacent to an activating group) is 1. The summed E-state index contributed by atoms with van der Waals surface area (Å²) in [4.78, 5) is 14.2. The van der Waals surface area contributed by atoms with E-state index in [2.05, 4.69) is 5.32 Å². The summed E-state index contributed by atoms with van der Waals surface area (Å²) in [5, 5.41) is 3.84. The maximum atomic E-state index is 12.3. The third-order valence-corrected chi connectivity index (χ3v) is 4.42. The van der Waals surface area contributed by atoms with Crippen LogP contribution in [0.3, 0.4) is 0 Å². The average molecular weight is 383 g/mol. The zero-order chi connectivity index (χ0) is 18.4. The second-order valence-electron chi connectivity index (χ2n) is 5.50. The van der Waals surface area contributed by atoms with Crippen LogP contribution in [0.4, 0.5) is 5.69 Å². The van der Waals surface area contributed by atoms with E-state index < -0.39 is 0 Å². The van der Waals surface area contributed by atoms with Gasteiger partial charge < -0.3 is 14.8 Å². The molecule has 2 aromatic carbocycles. The van der Waals surface area contributed by atoms with Crippen molar-refractivity contribution in [2.24, 2.45) is 0 Å². The highest BCUT2D eigenvalue weighted by Crippen LogP contribution is 2.29. The van der Waals surface area contributed by atoms with Gasteiger partial charge in [-0.25, -0.2) is 0 Å². The Balaban J connectivity index is 2.01. The first kappa shape index (κ1) is 19.4. The highest BCUT2D eigenvalue weighted by Gasteiger charge is 2.13. The molecular weight excluding hydrogens is 363 g/mol. The van der Waals surface area contributed by atoms with E-state index in [1.54, 1.807) is 38.5 Å². The maximum absolute atomic E-state index is 12.3. The molecule has 0 aliphatic rings. The molecular formula is C18H20Cl2N2O3. The van der Waals surface area contributed by atoms with Crippen LogP contribution in [-0.4, -0.2) is 38.6 Å². The summed E-state index contributed by atoms with van der Waals surface area (Å²) in [6.07, 6.45) is 0. The maximum Gasteiger partial charge on any atom is 0.238 e. The van der Waals surface area contributed by atoms with Crippen molar-refractivity contribution in [3.05, 3.63) is 52.0 Å². The van der Waals surface area contributed by atoms with Gasteiger partial charge in [0.15, 0.2) is 0 Å². The second kappa shape index (κ2) is 8.94. The van der Waals surface area contributed by atoms with Crippen LogP contribution in [-0.2, 0) is 11.3 Å². The van der Waals surface area contributed by atoms with Crippen LogP contribution in [0.2, 0.25) is 10.0 Å². The van der Waals surface area contributed by atoms with Crippen molar-refractivity contribution in [2.75, 3.05) is 33.1 Å². The van der Waals surface area contributed by atoms with Crippen molar-refractivity contribution in [1.29, 1.82) is 0 Å². The zero-order valence-electron chi connectivity index (χ0n) is 14.3. The Morgan fingerprint density at radius 2 is 1.92 bits per heavy atom. The smallest absolute Gasteiger partial charge is 0.238 e. The number of halogens is 2. The van der Waals surface area contributed by atoms with Gasteiger partial charge in [0.25, 0.3) is 0 Å². The molecule has 0 aliphatic heterocycles. The Labute approximate surface area is 157 Å². The standard InChI is InChI=1S/C18H20Cl2N2O3/c1-22(10-12-5-4-6-14(19)18(12)20)11-17(23)21-15-9-13(24-2)7-8-16(15)25-3/h4-9H,10-11H2,1-3H3,(H,21,23). The number of hydrogen-bond acceptors (Lipinski definition) is 4. The Kier molecular flexibility index (Phi) is 6.93. The lowest BCUT2D eigenvalue weighted by molar-refractivity contribution is -0.117. The molecule has 0 saturated heterocycles. The van der Waals surface area contributed by atoms with E-state index in [1.807, 2.05) is 24.1 Å². The van der Waals surface area contributed by atoms with Gasteiger partial charge in [-0.3, -0.25) is 9.69 Å². The van der Waals surface area contributed by atoms with Gasteiger partial charge in [-0.1, -0.05) is 35.3 Å². The van der Waals surface area contributed by atoms with Crippen LogP contribution in [0.25, 0.3) is 0 Å². The number of methoxy groups -OCH3 is 2. The quantitative estimate of drug-likeness (QED) is 0.783. The summed E-state index contributed by atoms with van der Waals surface area (Å²) >= 11 is 12.2. The number of amides is 1. The summed E-state index contributed by atoms with van der Waals surface area (Å²) < 4.78 is 10.4. The van der Waals surface area contributed by atoms with Gasteiger partial charge in [-0.2, -0.15) is 0 Å². The SMILES string of the molecule is COc1ccc(OC)c(NC(=O)CN(C)Cc2cccc(Cl)c2Cl)c1. The van der Waals surface area contributed by atoms with E-state index in [9.17, 15) is 4.79 Å². The Bertz CT molecular complexity index is 753. The van der Waals surface area contributed by atoms with Crippen molar-refractivity contribution >= 4 is 34.8 Å². The number of rotatable bonds is 7. The number of ether oxygens (including phenoxy) is 2. The highest BCUT2D eigenvalue weighted by atomic mass is 35.5. The summed E-state index contributed by atoms with van der Waals surface area (Å²) in [5.41, 5.74) is 1.42. The third-order valence-electron chi connectivity index (χ3n) is 3.57. The van der Waals surface area contributed by atoms with Gasteiger partial charge in [0, 0.05) is 12.6 Å². The molecule has 134 valence electrons. The summed E-state index contributed by atoms with van der Waals surface area (Å²) in [6.45, 7) is 0.686. The van der Waals surface area contributed by atoms with Crippen LogP contribution >= 0.6 is 23.2 Å². The van der Waals surface area contributed by atoms with E-state index in [4.69, 9.17) is 32.7 Å². The molecule has 5 nitrogen and oxygen atoms in total. The van der Waals surface area contributed by atoms with Gasteiger partial charge in [0.1, 0.15) is 11.5 Å². The molecule has 0 fully saturated rings. The molecule has 0 heterocycles. The van der Waals surface area contributed by atoms with Crippen molar-refractivity contribution < 1.29 is 14.3 Å². The lowest BCUT2D eigenvalue weighted by Gasteiger charge is -2.18. The van der Waals surface area contributed by atoms with Crippen LogP contribution < -0.4 is 14.8 Å². The zero-order valence-corrected chi connectivity index (χ0v) is 15.8. The first-order chi connectivity index (χ1) is 11.9. The number of anilines is 1. The minimum Gasteiger partial charge on any atom is -0.497 e. The molecule has 2 aromatic rings. The number of carbonyl (C=O) groups excluding carboxylic acids is 1. The molecule has 0 aromatic heterocycles.